The number of aromatic nitrogens is 2. The zero-order chi connectivity index (χ0) is 11.7. The third-order valence-corrected chi connectivity index (χ3v) is 4.49. The zero-order valence-corrected chi connectivity index (χ0v) is 10.7. The van der Waals surface area contributed by atoms with Crippen molar-refractivity contribution in [2.24, 2.45) is 5.92 Å². The van der Waals surface area contributed by atoms with Crippen LogP contribution in [0.4, 0.5) is 0 Å². The van der Waals surface area contributed by atoms with Crippen LogP contribution in [0.1, 0.15) is 63.2 Å². The van der Waals surface area contributed by atoms with Crippen LogP contribution in [-0.4, -0.2) is 16.1 Å². The maximum Gasteiger partial charge on any atom is 0.0951 e. The molecule has 2 heterocycles. The molecule has 1 atom stereocenters. The van der Waals surface area contributed by atoms with E-state index in [-0.39, 0.29) is 0 Å². The SMILES string of the molecule is CC1CCC(n2cncc2[C@@H]2CCCN2)CC1. The minimum absolute atomic E-state index is 0.553. The van der Waals surface area contributed by atoms with Gasteiger partial charge in [-0.05, 0) is 51.0 Å². The van der Waals surface area contributed by atoms with Crippen LogP contribution in [0.2, 0.25) is 0 Å². The fraction of sp³-hybridized carbons (Fsp3) is 0.786. The summed E-state index contributed by atoms with van der Waals surface area (Å²) < 4.78 is 2.45. The molecule has 3 rings (SSSR count). The van der Waals surface area contributed by atoms with Crippen molar-refractivity contribution in [3.63, 3.8) is 0 Å². The Kier molecular flexibility index (Phi) is 3.19. The van der Waals surface area contributed by atoms with E-state index in [0.717, 1.165) is 12.5 Å². The molecule has 94 valence electrons. The normalized spacial score (nSPS) is 34.1. The summed E-state index contributed by atoms with van der Waals surface area (Å²) in [6, 6.07) is 1.25. The quantitative estimate of drug-likeness (QED) is 0.851. The van der Waals surface area contributed by atoms with Crippen LogP contribution in [0.5, 0.6) is 0 Å². The van der Waals surface area contributed by atoms with Crippen LogP contribution in [0.3, 0.4) is 0 Å². The van der Waals surface area contributed by atoms with E-state index in [1.165, 1.54) is 44.2 Å². The molecule has 0 amide bonds. The van der Waals surface area contributed by atoms with Gasteiger partial charge in [0.25, 0.3) is 0 Å². The third-order valence-electron chi connectivity index (χ3n) is 4.49. The van der Waals surface area contributed by atoms with Gasteiger partial charge >= 0.3 is 0 Å². The fourth-order valence-electron chi connectivity index (χ4n) is 3.35. The minimum Gasteiger partial charge on any atom is -0.330 e. The van der Waals surface area contributed by atoms with Crippen molar-refractivity contribution in [1.29, 1.82) is 0 Å². The van der Waals surface area contributed by atoms with Gasteiger partial charge in [-0.1, -0.05) is 6.92 Å². The van der Waals surface area contributed by atoms with E-state index in [9.17, 15) is 0 Å². The third kappa shape index (κ3) is 2.25. The Morgan fingerprint density at radius 1 is 1.24 bits per heavy atom. The number of rotatable bonds is 2. The number of imidazole rings is 1. The Hall–Kier alpha value is -0.830. The lowest BCUT2D eigenvalue weighted by Crippen LogP contribution is -2.22. The van der Waals surface area contributed by atoms with E-state index >= 15 is 0 Å². The van der Waals surface area contributed by atoms with Gasteiger partial charge in [0, 0.05) is 18.3 Å². The molecule has 17 heavy (non-hydrogen) atoms. The molecule has 3 heteroatoms. The topological polar surface area (TPSA) is 29.9 Å². The van der Waals surface area contributed by atoms with Gasteiger partial charge in [0.1, 0.15) is 0 Å². The second kappa shape index (κ2) is 4.81. The molecular weight excluding hydrogens is 210 g/mol. The van der Waals surface area contributed by atoms with Crippen molar-refractivity contribution < 1.29 is 0 Å². The second-order valence-electron chi connectivity index (χ2n) is 5.79. The molecule has 1 N–H and O–H groups in total. The van der Waals surface area contributed by atoms with Gasteiger partial charge in [-0.15, -0.1) is 0 Å². The molecule has 0 unspecified atom stereocenters. The van der Waals surface area contributed by atoms with Crippen molar-refractivity contribution in [3.05, 3.63) is 18.2 Å². The van der Waals surface area contributed by atoms with Gasteiger partial charge < -0.3 is 9.88 Å². The Morgan fingerprint density at radius 2 is 2.06 bits per heavy atom. The highest BCUT2D eigenvalue weighted by Gasteiger charge is 2.25. The maximum atomic E-state index is 4.38. The first-order valence-electron chi connectivity index (χ1n) is 7.09. The Labute approximate surface area is 104 Å². The lowest BCUT2D eigenvalue weighted by Gasteiger charge is -2.29. The van der Waals surface area contributed by atoms with E-state index < -0.39 is 0 Å². The molecule has 0 radical (unpaired) electrons. The lowest BCUT2D eigenvalue weighted by atomic mass is 9.87. The molecule has 0 aromatic carbocycles. The summed E-state index contributed by atoms with van der Waals surface area (Å²) in [7, 11) is 0. The summed E-state index contributed by atoms with van der Waals surface area (Å²) in [4.78, 5) is 4.38. The summed E-state index contributed by atoms with van der Waals surface area (Å²) in [5.74, 6) is 0.919. The van der Waals surface area contributed by atoms with Crippen LogP contribution in [0.25, 0.3) is 0 Å². The van der Waals surface area contributed by atoms with Gasteiger partial charge in [0.15, 0.2) is 0 Å². The molecule has 1 aromatic rings. The highest BCUT2D eigenvalue weighted by molar-refractivity contribution is 5.09. The van der Waals surface area contributed by atoms with E-state index in [1.807, 2.05) is 0 Å². The van der Waals surface area contributed by atoms with Crippen LogP contribution in [0.15, 0.2) is 12.5 Å². The molecule has 3 nitrogen and oxygen atoms in total. The van der Waals surface area contributed by atoms with E-state index in [1.54, 1.807) is 0 Å². The molecule has 1 saturated carbocycles. The van der Waals surface area contributed by atoms with Crippen LogP contribution >= 0.6 is 0 Å². The van der Waals surface area contributed by atoms with Crippen molar-refractivity contribution in [2.45, 2.75) is 57.5 Å². The van der Waals surface area contributed by atoms with Crippen LogP contribution in [-0.2, 0) is 0 Å². The van der Waals surface area contributed by atoms with Crippen molar-refractivity contribution >= 4 is 0 Å². The highest BCUT2D eigenvalue weighted by Crippen LogP contribution is 2.34. The van der Waals surface area contributed by atoms with Crippen molar-refractivity contribution in [1.82, 2.24) is 14.9 Å². The summed E-state index contributed by atoms with van der Waals surface area (Å²) in [6.07, 6.45) is 12.1. The zero-order valence-electron chi connectivity index (χ0n) is 10.7. The first-order chi connectivity index (χ1) is 8.34. The van der Waals surface area contributed by atoms with E-state index in [2.05, 4.69) is 34.3 Å². The maximum absolute atomic E-state index is 4.38. The molecule has 0 spiro atoms. The molecule has 2 fully saturated rings. The van der Waals surface area contributed by atoms with Gasteiger partial charge in [-0.2, -0.15) is 0 Å². The predicted octanol–water partition coefficient (Wildman–Crippen LogP) is 3.06. The van der Waals surface area contributed by atoms with Crippen molar-refractivity contribution in [2.75, 3.05) is 6.54 Å². The minimum atomic E-state index is 0.553. The number of hydrogen-bond donors (Lipinski definition) is 1. The smallest absolute Gasteiger partial charge is 0.0951 e. The Bertz CT molecular complexity index is 357. The molecule has 0 bridgehead atoms. The molecular formula is C14H23N3. The van der Waals surface area contributed by atoms with E-state index in [0.29, 0.717) is 12.1 Å². The van der Waals surface area contributed by atoms with E-state index in [4.69, 9.17) is 0 Å². The Balaban J connectivity index is 1.76. The van der Waals surface area contributed by atoms with Gasteiger partial charge in [0.05, 0.1) is 12.0 Å². The summed E-state index contributed by atoms with van der Waals surface area (Å²) in [6.45, 7) is 3.54. The summed E-state index contributed by atoms with van der Waals surface area (Å²) in [5.41, 5.74) is 1.42. The highest BCUT2D eigenvalue weighted by atomic mass is 15.1. The Morgan fingerprint density at radius 3 is 2.76 bits per heavy atom. The molecule has 1 saturated heterocycles. The molecule has 1 aliphatic heterocycles. The number of hydrogen-bond acceptors (Lipinski definition) is 2. The summed E-state index contributed by atoms with van der Waals surface area (Å²) in [5, 5.41) is 3.59. The van der Waals surface area contributed by atoms with Crippen LogP contribution < -0.4 is 5.32 Å². The lowest BCUT2D eigenvalue weighted by molar-refractivity contribution is 0.282. The number of nitrogens with one attached hydrogen (secondary N) is 1. The average molecular weight is 233 g/mol. The average Bonchev–Trinajstić information content (AvgIpc) is 3.00. The standard InChI is InChI=1S/C14H23N3/c1-11-4-6-12(7-5-11)17-10-15-9-14(17)13-3-2-8-16-13/h9-13,16H,2-8H2,1H3/t11?,12?,13-/m0/s1. The predicted molar refractivity (Wildman–Crippen MR) is 68.9 cm³/mol. The fourth-order valence-corrected chi connectivity index (χ4v) is 3.35. The molecule has 2 aliphatic rings. The summed E-state index contributed by atoms with van der Waals surface area (Å²) >= 11 is 0. The molecule has 1 aliphatic carbocycles. The number of nitrogens with zero attached hydrogens (tertiary/aromatic N) is 2. The second-order valence-corrected chi connectivity index (χ2v) is 5.79. The van der Waals surface area contributed by atoms with Gasteiger partial charge in [-0.3, -0.25) is 0 Å². The van der Waals surface area contributed by atoms with Crippen molar-refractivity contribution in [3.8, 4) is 0 Å². The monoisotopic (exact) mass is 233 g/mol. The van der Waals surface area contributed by atoms with Gasteiger partial charge in [0.2, 0.25) is 0 Å². The first kappa shape index (κ1) is 11.3. The first-order valence-corrected chi connectivity index (χ1v) is 7.09. The largest absolute Gasteiger partial charge is 0.330 e. The van der Waals surface area contributed by atoms with Crippen LogP contribution in [0, 0.1) is 5.92 Å². The molecule has 1 aromatic heterocycles. The van der Waals surface area contributed by atoms with Gasteiger partial charge in [-0.25, -0.2) is 4.98 Å².